The van der Waals surface area contributed by atoms with Crippen molar-refractivity contribution in [2.24, 2.45) is 0 Å². The Morgan fingerprint density at radius 1 is 1.25 bits per heavy atom. The summed E-state index contributed by atoms with van der Waals surface area (Å²) in [5, 5.41) is 15.9. The molecule has 1 unspecified atom stereocenters. The van der Waals surface area contributed by atoms with Gasteiger partial charge in [0.15, 0.2) is 5.82 Å². The Hall–Kier alpha value is -2.23. The second-order valence-corrected chi connectivity index (χ2v) is 4.82. The number of benzene rings is 1. The molecule has 0 bridgehead atoms. The van der Waals surface area contributed by atoms with Gasteiger partial charge in [0.05, 0.1) is 6.04 Å². The number of hydrogen-bond acceptors (Lipinski definition) is 6. The predicted octanol–water partition coefficient (Wildman–Crippen LogP) is 2.17. The van der Waals surface area contributed by atoms with E-state index in [4.69, 9.17) is 16.9 Å². The highest BCUT2D eigenvalue weighted by Crippen LogP contribution is 2.21. The Morgan fingerprint density at radius 2 is 2.00 bits per heavy atom. The van der Waals surface area contributed by atoms with Crippen LogP contribution in [0.25, 0.3) is 0 Å². The topological polar surface area (TPSA) is 86.5 Å². The van der Waals surface area contributed by atoms with Crippen LogP contribution >= 0.6 is 11.6 Å². The van der Waals surface area contributed by atoms with E-state index in [2.05, 4.69) is 25.6 Å². The van der Waals surface area contributed by atoms with Gasteiger partial charge in [-0.25, -0.2) is 4.98 Å². The highest BCUT2D eigenvalue weighted by atomic mass is 35.5. The molecule has 2 aromatic rings. The van der Waals surface area contributed by atoms with Gasteiger partial charge in [-0.1, -0.05) is 11.6 Å². The first-order chi connectivity index (χ1) is 9.74. The molecule has 0 aliphatic carbocycles. The number of nitriles is 1. The normalized spacial score (nSPS) is 17.1. The van der Waals surface area contributed by atoms with E-state index in [0.29, 0.717) is 16.8 Å². The third kappa shape index (κ3) is 2.69. The third-order valence-electron chi connectivity index (χ3n) is 2.99. The van der Waals surface area contributed by atoms with E-state index < -0.39 is 0 Å². The maximum Gasteiger partial charge on any atom is 0.237 e. The Bertz CT molecular complexity index is 660. The first-order valence-electron chi connectivity index (χ1n) is 6.16. The van der Waals surface area contributed by atoms with E-state index in [0.717, 1.165) is 18.7 Å². The summed E-state index contributed by atoms with van der Waals surface area (Å²) in [6.07, 6.45) is 0.968. The van der Waals surface area contributed by atoms with E-state index in [1.807, 2.05) is 18.2 Å². The molecule has 1 atom stereocenters. The second kappa shape index (κ2) is 5.41. The Labute approximate surface area is 120 Å². The molecule has 1 fully saturated rings. The zero-order valence-electron chi connectivity index (χ0n) is 10.5. The fourth-order valence-corrected chi connectivity index (χ4v) is 1.95. The molecule has 0 saturated carbocycles. The maximum absolute atomic E-state index is 8.99. The lowest BCUT2D eigenvalue weighted by Gasteiger charge is -2.26. The molecule has 1 aromatic heterocycles. The molecule has 7 heteroatoms. The smallest absolute Gasteiger partial charge is 0.237 e. The minimum atomic E-state index is 0.107. The van der Waals surface area contributed by atoms with Crippen LogP contribution in [0.5, 0.6) is 0 Å². The average Bonchev–Trinajstić information content (AvgIpc) is 2.39. The van der Waals surface area contributed by atoms with E-state index in [1.54, 1.807) is 12.1 Å². The molecule has 6 nitrogen and oxygen atoms in total. The fourth-order valence-electron chi connectivity index (χ4n) is 1.83. The molecule has 20 heavy (non-hydrogen) atoms. The molecule has 100 valence electrons. The first kappa shape index (κ1) is 12.8. The van der Waals surface area contributed by atoms with Crippen molar-refractivity contribution in [2.45, 2.75) is 12.5 Å². The molecular formula is C13H11ClN6. The molecule has 0 amide bonds. The molecule has 1 aliphatic rings. The zero-order chi connectivity index (χ0) is 13.9. The number of rotatable bonds is 3. The summed E-state index contributed by atoms with van der Waals surface area (Å²) in [5.74, 6) is 1.07. The van der Waals surface area contributed by atoms with Gasteiger partial charge in [0, 0.05) is 10.7 Å². The molecule has 2 N–H and O–H groups in total. The summed E-state index contributed by atoms with van der Waals surface area (Å²) in [6.45, 7) is 0.943. The molecular weight excluding hydrogens is 276 g/mol. The predicted molar refractivity (Wildman–Crippen MR) is 74.6 cm³/mol. The van der Waals surface area contributed by atoms with Crippen molar-refractivity contribution in [1.82, 2.24) is 20.3 Å². The Kier molecular flexibility index (Phi) is 3.46. The van der Waals surface area contributed by atoms with Gasteiger partial charge in [-0.15, -0.1) is 0 Å². The van der Waals surface area contributed by atoms with E-state index in [-0.39, 0.29) is 11.9 Å². The third-order valence-corrected chi connectivity index (χ3v) is 3.24. The van der Waals surface area contributed by atoms with Gasteiger partial charge in [-0.05, 0) is 37.2 Å². The lowest BCUT2D eigenvalue weighted by molar-refractivity contribution is 0.365. The van der Waals surface area contributed by atoms with E-state index >= 15 is 0 Å². The Balaban J connectivity index is 1.88. The maximum atomic E-state index is 8.99. The van der Waals surface area contributed by atoms with E-state index in [1.165, 1.54) is 0 Å². The van der Waals surface area contributed by atoms with Gasteiger partial charge in [0.2, 0.25) is 11.8 Å². The van der Waals surface area contributed by atoms with Gasteiger partial charge in [-0.3, -0.25) is 0 Å². The number of halogens is 1. The molecule has 1 saturated heterocycles. The van der Waals surface area contributed by atoms with Crippen LogP contribution in [0, 0.1) is 11.3 Å². The van der Waals surface area contributed by atoms with Crippen molar-refractivity contribution in [2.75, 3.05) is 11.9 Å². The number of nitrogens with zero attached hydrogens (tertiary/aromatic N) is 4. The van der Waals surface area contributed by atoms with Gasteiger partial charge in [0.1, 0.15) is 6.07 Å². The van der Waals surface area contributed by atoms with Crippen LogP contribution in [-0.4, -0.2) is 21.5 Å². The standard InChI is InChI=1S/C13H11ClN6/c14-8-1-3-9(4-2-8)17-13-19-11(7-15)18-12(20-13)10-5-6-16-10/h1-4,10,16H,5-6H2,(H,17,18,19,20). The van der Waals surface area contributed by atoms with Crippen LogP contribution in [-0.2, 0) is 0 Å². The lowest BCUT2D eigenvalue weighted by atomic mass is 10.1. The highest BCUT2D eigenvalue weighted by molar-refractivity contribution is 6.30. The molecule has 0 radical (unpaired) electrons. The van der Waals surface area contributed by atoms with Crippen molar-refractivity contribution in [3.63, 3.8) is 0 Å². The highest BCUT2D eigenvalue weighted by Gasteiger charge is 2.23. The van der Waals surface area contributed by atoms with Crippen LogP contribution in [0.2, 0.25) is 5.02 Å². The van der Waals surface area contributed by atoms with Crippen LogP contribution < -0.4 is 10.6 Å². The van der Waals surface area contributed by atoms with Crippen LogP contribution in [0.4, 0.5) is 11.6 Å². The zero-order valence-corrected chi connectivity index (χ0v) is 11.2. The van der Waals surface area contributed by atoms with Gasteiger partial charge < -0.3 is 10.6 Å². The number of hydrogen-bond donors (Lipinski definition) is 2. The average molecular weight is 287 g/mol. The summed E-state index contributed by atoms with van der Waals surface area (Å²) in [4.78, 5) is 12.5. The minimum absolute atomic E-state index is 0.107. The summed E-state index contributed by atoms with van der Waals surface area (Å²) >= 11 is 5.84. The molecule has 1 aromatic carbocycles. The van der Waals surface area contributed by atoms with Crippen molar-refractivity contribution in [3.05, 3.63) is 40.9 Å². The van der Waals surface area contributed by atoms with Crippen LogP contribution in [0.3, 0.4) is 0 Å². The SMILES string of the molecule is N#Cc1nc(Nc2ccc(Cl)cc2)nc(C2CCN2)n1. The molecule has 0 spiro atoms. The summed E-state index contributed by atoms with van der Waals surface area (Å²) in [7, 11) is 0. The number of aromatic nitrogens is 3. The quantitative estimate of drug-likeness (QED) is 0.899. The lowest BCUT2D eigenvalue weighted by Crippen LogP contribution is -2.36. The van der Waals surface area contributed by atoms with Crippen LogP contribution in [0.1, 0.15) is 24.1 Å². The van der Waals surface area contributed by atoms with Crippen molar-refractivity contribution >= 4 is 23.2 Å². The Morgan fingerprint density at radius 3 is 2.60 bits per heavy atom. The fraction of sp³-hybridized carbons (Fsp3) is 0.231. The van der Waals surface area contributed by atoms with Gasteiger partial charge in [-0.2, -0.15) is 15.2 Å². The molecule has 3 rings (SSSR count). The van der Waals surface area contributed by atoms with Crippen molar-refractivity contribution in [1.29, 1.82) is 5.26 Å². The number of nitrogens with one attached hydrogen (secondary N) is 2. The monoisotopic (exact) mass is 286 g/mol. The van der Waals surface area contributed by atoms with Gasteiger partial charge in [0.25, 0.3) is 0 Å². The van der Waals surface area contributed by atoms with E-state index in [9.17, 15) is 0 Å². The molecule has 2 heterocycles. The summed E-state index contributed by atoms with van der Waals surface area (Å²) < 4.78 is 0. The van der Waals surface area contributed by atoms with Gasteiger partial charge >= 0.3 is 0 Å². The summed E-state index contributed by atoms with van der Waals surface area (Å²) in [5.41, 5.74) is 0.803. The summed E-state index contributed by atoms with van der Waals surface area (Å²) in [6, 6.07) is 9.24. The number of anilines is 2. The second-order valence-electron chi connectivity index (χ2n) is 4.38. The van der Waals surface area contributed by atoms with Crippen LogP contribution in [0.15, 0.2) is 24.3 Å². The minimum Gasteiger partial charge on any atom is -0.324 e. The van der Waals surface area contributed by atoms with Crippen molar-refractivity contribution in [3.8, 4) is 6.07 Å². The first-order valence-corrected chi connectivity index (χ1v) is 6.54. The van der Waals surface area contributed by atoms with Crippen molar-refractivity contribution < 1.29 is 0 Å². The largest absolute Gasteiger partial charge is 0.324 e. The molecule has 1 aliphatic heterocycles.